The fourth-order valence-electron chi connectivity index (χ4n) is 6.26. The van der Waals surface area contributed by atoms with Crippen LogP contribution < -0.4 is 9.64 Å². The third-order valence-electron chi connectivity index (χ3n) is 8.28. The fourth-order valence-corrected chi connectivity index (χ4v) is 6.26. The molecule has 2 aromatic carbocycles. The topological polar surface area (TPSA) is 102 Å². The highest BCUT2D eigenvalue weighted by molar-refractivity contribution is 5.84. The minimum absolute atomic E-state index is 0.181. The molecule has 39 heavy (non-hydrogen) atoms. The first kappa shape index (κ1) is 24.0. The van der Waals surface area contributed by atoms with Crippen LogP contribution in [-0.2, 0) is 0 Å². The Morgan fingerprint density at radius 3 is 2.44 bits per heavy atom. The van der Waals surface area contributed by atoms with E-state index in [0.717, 1.165) is 67.1 Å². The number of pyridine rings is 1. The molecule has 1 atom stereocenters. The Morgan fingerprint density at radius 1 is 0.846 bits per heavy atom. The molecule has 5 aromatic rings. The van der Waals surface area contributed by atoms with E-state index in [1.54, 1.807) is 7.11 Å². The Kier molecular flexibility index (Phi) is 6.28. The molecule has 0 N–H and O–H groups in total. The summed E-state index contributed by atoms with van der Waals surface area (Å²) < 4.78 is 9.39. The van der Waals surface area contributed by atoms with Gasteiger partial charge in [-0.25, -0.2) is 4.68 Å². The number of benzene rings is 2. The van der Waals surface area contributed by atoms with Crippen LogP contribution in [0.3, 0.4) is 0 Å². The number of piperazine rings is 1. The summed E-state index contributed by atoms with van der Waals surface area (Å²) in [4.78, 5) is 4.93. The lowest BCUT2D eigenvalue weighted by molar-refractivity contribution is 0.194. The van der Waals surface area contributed by atoms with Crippen molar-refractivity contribution in [2.45, 2.75) is 44.2 Å². The Labute approximate surface area is 226 Å². The number of tetrazole rings is 2. The van der Waals surface area contributed by atoms with E-state index in [1.165, 1.54) is 24.9 Å². The maximum atomic E-state index is 5.48. The zero-order valence-corrected chi connectivity index (χ0v) is 22.1. The summed E-state index contributed by atoms with van der Waals surface area (Å²) in [5, 5.41) is 27.4. The van der Waals surface area contributed by atoms with Gasteiger partial charge in [0, 0.05) is 48.9 Å². The van der Waals surface area contributed by atoms with E-state index in [4.69, 9.17) is 4.74 Å². The van der Waals surface area contributed by atoms with Gasteiger partial charge in [-0.3, -0.25) is 4.90 Å². The van der Waals surface area contributed by atoms with Crippen LogP contribution in [0.2, 0.25) is 0 Å². The van der Waals surface area contributed by atoms with Gasteiger partial charge < -0.3 is 9.64 Å². The second-order valence-corrected chi connectivity index (χ2v) is 10.5. The summed E-state index contributed by atoms with van der Waals surface area (Å²) in [7, 11) is 1.67. The van der Waals surface area contributed by atoms with E-state index in [-0.39, 0.29) is 6.04 Å². The molecule has 200 valence electrons. The van der Waals surface area contributed by atoms with Gasteiger partial charge in [0.15, 0.2) is 11.5 Å². The number of methoxy groups -OCH3 is 1. The molecule has 1 aliphatic carbocycles. The molecular weight excluding hydrogens is 492 g/mol. The number of hydrogen-bond donors (Lipinski definition) is 0. The monoisotopic (exact) mass is 524 g/mol. The third kappa shape index (κ3) is 4.36. The highest BCUT2D eigenvalue weighted by atomic mass is 16.5. The first-order valence-corrected chi connectivity index (χ1v) is 13.8. The van der Waals surface area contributed by atoms with Gasteiger partial charge in [-0.2, -0.15) is 4.52 Å². The average Bonchev–Trinajstić information content (AvgIpc) is 3.69. The van der Waals surface area contributed by atoms with Gasteiger partial charge in [0.2, 0.25) is 0 Å². The molecule has 7 rings (SSSR count). The highest BCUT2D eigenvalue weighted by Crippen LogP contribution is 2.37. The predicted molar refractivity (Wildman–Crippen MR) is 147 cm³/mol. The lowest BCUT2D eigenvalue weighted by Crippen LogP contribution is -2.48. The third-order valence-corrected chi connectivity index (χ3v) is 8.28. The van der Waals surface area contributed by atoms with Crippen molar-refractivity contribution in [3.63, 3.8) is 0 Å². The SMILES string of the molecule is COc1ccc2cc([C@H](c3nnnn3C3CCCCC3)N3CCN(c4ccccc4)CC3)c3nnnn3c2c1. The van der Waals surface area contributed by atoms with Gasteiger partial charge in [-0.1, -0.05) is 37.5 Å². The van der Waals surface area contributed by atoms with E-state index < -0.39 is 0 Å². The zero-order chi connectivity index (χ0) is 26.2. The Hall–Kier alpha value is -4.12. The predicted octanol–water partition coefficient (Wildman–Crippen LogP) is 3.69. The second-order valence-electron chi connectivity index (χ2n) is 10.5. The Balaban J connectivity index is 1.33. The van der Waals surface area contributed by atoms with Crippen molar-refractivity contribution < 1.29 is 4.74 Å². The molecule has 0 radical (unpaired) electrons. The van der Waals surface area contributed by atoms with Crippen LogP contribution in [0.5, 0.6) is 5.75 Å². The number of nitrogens with zero attached hydrogens (tertiary/aromatic N) is 10. The average molecular weight is 525 g/mol. The molecule has 0 unspecified atom stereocenters. The van der Waals surface area contributed by atoms with E-state index in [9.17, 15) is 0 Å². The molecule has 0 bridgehead atoms. The first-order valence-electron chi connectivity index (χ1n) is 13.8. The first-order chi connectivity index (χ1) is 19.3. The summed E-state index contributed by atoms with van der Waals surface area (Å²) in [6.07, 6.45) is 5.90. The summed E-state index contributed by atoms with van der Waals surface area (Å²) in [6.45, 7) is 3.56. The van der Waals surface area contributed by atoms with Gasteiger partial charge in [0.05, 0.1) is 18.7 Å². The standard InChI is InChI=1S/C28H32N10O/c1-39-23-13-12-20-18-24(27-29-31-34-38(27)25(20)19-23)26(28-30-32-33-37(28)22-10-6-3-7-11-22)36-16-14-35(15-17-36)21-8-4-2-5-9-21/h2,4-5,8-9,12-13,18-19,22,26H,3,6-7,10-11,14-17H2,1H3/t26-/m1/s1. The zero-order valence-electron chi connectivity index (χ0n) is 22.1. The number of rotatable bonds is 6. The van der Waals surface area contributed by atoms with Crippen molar-refractivity contribution in [1.82, 2.24) is 45.1 Å². The van der Waals surface area contributed by atoms with Crippen molar-refractivity contribution in [3.05, 3.63) is 66.0 Å². The molecule has 2 aliphatic rings. The molecule has 0 spiro atoms. The Bertz CT molecular complexity index is 1570. The lowest BCUT2D eigenvalue weighted by atomic mass is 9.95. The molecule has 3 aromatic heterocycles. The smallest absolute Gasteiger partial charge is 0.185 e. The summed E-state index contributed by atoms with van der Waals surface area (Å²) >= 11 is 0. The van der Waals surface area contributed by atoms with Crippen LogP contribution in [0.1, 0.15) is 55.6 Å². The molecule has 1 saturated heterocycles. The minimum Gasteiger partial charge on any atom is -0.497 e. The van der Waals surface area contributed by atoms with E-state index in [2.05, 4.69) is 88.0 Å². The maximum Gasteiger partial charge on any atom is 0.185 e. The summed E-state index contributed by atoms with van der Waals surface area (Å²) in [5.41, 5.74) is 3.88. The normalized spacial score (nSPS) is 18.1. The van der Waals surface area contributed by atoms with Crippen LogP contribution in [-0.4, -0.2) is 78.4 Å². The number of fused-ring (bicyclic) bond motifs is 3. The molecule has 4 heterocycles. The van der Waals surface area contributed by atoms with E-state index in [0.29, 0.717) is 11.7 Å². The highest BCUT2D eigenvalue weighted by Gasteiger charge is 2.35. The van der Waals surface area contributed by atoms with Crippen molar-refractivity contribution >= 4 is 22.2 Å². The van der Waals surface area contributed by atoms with Crippen LogP contribution in [0.25, 0.3) is 16.6 Å². The van der Waals surface area contributed by atoms with Gasteiger partial charge in [0.1, 0.15) is 11.8 Å². The Morgan fingerprint density at radius 2 is 1.64 bits per heavy atom. The number of anilines is 1. The summed E-state index contributed by atoms with van der Waals surface area (Å²) in [6, 6.07) is 19.0. The van der Waals surface area contributed by atoms with Gasteiger partial charge in [-0.05, 0) is 64.0 Å². The summed E-state index contributed by atoms with van der Waals surface area (Å²) in [5.74, 6) is 1.63. The molecule has 11 nitrogen and oxygen atoms in total. The molecule has 2 fully saturated rings. The van der Waals surface area contributed by atoms with Gasteiger partial charge in [-0.15, -0.1) is 10.2 Å². The quantitative estimate of drug-likeness (QED) is 0.329. The van der Waals surface area contributed by atoms with E-state index >= 15 is 0 Å². The lowest BCUT2D eigenvalue weighted by Gasteiger charge is -2.40. The van der Waals surface area contributed by atoms with Crippen LogP contribution in [0, 0.1) is 0 Å². The van der Waals surface area contributed by atoms with Crippen molar-refractivity contribution in [3.8, 4) is 5.75 Å². The van der Waals surface area contributed by atoms with Crippen molar-refractivity contribution in [2.75, 3.05) is 38.2 Å². The molecule has 1 aliphatic heterocycles. The van der Waals surface area contributed by atoms with Gasteiger partial charge in [0.25, 0.3) is 0 Å². The van der Waals surface area contributed by atoms with Crippen LogP contribution in [0.4, 0.5) is 5.69 Å². The van der Waals surface area contributed by atoms with Crippen molar-refractivity contribution in [1.29, 1.82) is 0 Å². The van der Waals surface area contributed by atoms with Gasteiger partial charge >= 0.3 is 0 Å². The van der Waals surface area contributed by atoms with Crippen molar-refractivity contribution in [2.24, 2.45) is 0 Å². The number of ether oxygens (including phenoxy) is 1. The number of hydrogen-bond acceptors (Lipinski definition) is 9. The number of para-hydroxylation sites is 1. The van der Waals surface area contributed by atoms with Crippen LogP contribution in [0.15, 0.2) is 54.6 Å². The molecule has 0 amide bonds. The largest absolute Gasteiger partial charge is 0.497 e. The minimum atomic E-state index is -0.181. The maximum absolute atomic E-state index is 5.48. The molecule has 11 heteroatoms. The second kappa shape index (κ2) is 10.2. The fraction of sp³-hybridized carbons (Fsp3) is 0.429. The van der Waals surface area contributed by atoms with E-state index in [1.807, 2.05) is 16.6 Å². The molecular formula is C28H32N10O. The number of aromatic nitrogens is 8. The molecule has 1 saturated carbocycles. The van der Waals surface area contributed by atoms with Crippen LogP contribution >= 0.6 is 0 Å².